The second kappa shape index (κ2) is 4.99. The van der Waals surface area contributed by atoms with Crippen LogP contribution in [0.1, 0.15) is 18.6 Å². The van der Waals surface area contributed by atoms with Crippen LogP contribution in [0.3, 0.4) is 0 Å². The van der Waals surface area contributed by atoms with Crippen molar-refractivity contribution >= 4 is 0 Å². The first-order valence-corrected chi connectivity index (χ1v) is 5.31. The van der Waals surface area contributed by atoms with Crippen molar-refractivity contribution in [3.8, 4) is 0 Å². The molecule has 2 rings (SSSR count). The smallest absolute Gasteiger partial charge is 0.0951 e. The Morgan fingerprint density at radius 3 is 2.80 bits per heavy atom. The molecule has 0 aliphatic carbocycles. The van der Waals surface area contributed by atoms with Crippen LogP contribution in [0.5, 0.6) is 0 Å². The van der Waals surface area contributed by atoms with Crippen LogP contribution in [-0.2, 0) is 9.47 Å². The number of rotatable bonds is 4. The molecule has 0 amide bonds. The van der Waals surface area contributed by atoms with Crippen molar-refractivity contribution in [1.29, 1.82) is 0 Å². The van der Waals surface area contributed by atoms with Gasteiger partial charge in [-0.3, -0.25) is 0 Å². The Balaban J connectivity index is 1.89. The molecule has 0 radical (unpaired) electrons. The van der Waals surface area contributed by atoms with Crippen molar-refractivity contribution in [3.05, 3.63) is 48.2 Å². The van der Waals surface area contributed by atoms with Gasteiger partial charge >= 0.3 is 0 Å². The molecule has 80 valence electrons. The summed E-state index contributed by atoms with van der Waals surface area (Å²) < 4.78 is 10.9. The van der Waals surface area contributed by atoms with Crippen LogP contribution in [0.2, 0.25) is 0 Å². The van der Waals surface area contributed by atoms with Crippen LogP contribution in [0.25, 0.3) is 0 Å². The van der Waals surface area contributed by atoms with Gasteiger partial charge < -0.3 is 9.47 Å². The number of hydrogen-bond acceptors (Lipinski definition) is 2. The van der Waals surface area contributed by atoms with Crippen molar-refractivity contribution in [2.24, 2.45) is 5.92 Å². The molecule has 2 unspecified atom stereocenters. The van der Waals surface area contributed by atoms with E-state index in [9.17, 15) is 0 Å². The minimum absolute atomic E-state index is 0.219. The van der Waals surface area contributed by atoms with Crippen LogP contribution in [0.15, 0.2) is 42.7 Å². The Morgan fingerprint density at radius 2 is 2.20 bits per heavy atom. The summed E-state index contributed by atoms with van der Waals surface area (Å²) in [5.41, 5.74) is 1.25. The SMILES string of the molecule is CC=COCC1COC1c1ccccc1. The molecule has 1 heterocycles. The number of allylic oxidation sites excluding steroid dienone is 1. The van der Waals surface area contributed by atoms with Crippen molar-refractivity contribution < 1.29 is 9.47 Å². The molecule has 0 saturated carbocycles. The number of hydrogen-bond donors (Lipinski definition) is 0. The fraction of sp³-hybridized carbons (Fsp3) is 0.385. The highest BCUT2D eigenvalue weighted by Crippen LogP contribution is 2.35. The van der Waals surface area contributed by atoms with E-state index < -0.39 is 0 Å². The first-order chi connectivity index (χ1) is 7.42. The van der Waals surface area contributed by atoms with E-state index in [0.717, 1.165) is 13.2 Å². The molecular formula is C13H16O2. The van der Waals surface area contributed by atoms with Gasteiger partial charge in [-0.25, -0.2) is 0 Å². The molecule has 1 aliphatic heterocycles. The van der Waals surface area contributed by atoms with E-state index >= 15 is 0 Å². The van der Waals surface area contributed by atoms with Gasteiger partial charge in [-0.1, -0.05) is 36.4 Å². The topological polar surface area (TPSA) is 18.5 Å². The summed E-state index contributed by atoms with van der Waals surface area (Å²) in [6.07, 6.45) is 3.86. The molecule has 2 heteroatoms. The molecule has 1 aromatic rings. The van der Waals surface area contributed by atoms with Gasteiger partial charge in [-0.15, -0.1) is 0 Å². The van der Waals surface area contributed by atoms with Gasteiger partial charge in [0.1, 0.15) is 0 Å². The first kappa shape index (κ1) is 10.2. The van der Waals surface area contributed by atoms with E-state index in [4.69, 9.17) is 9.47 Å². The maximum absolute atomic E-state index is 5.56. The maximum Gasteiger partial charge on any atom is 0.0951 e. The predicted octanol–water partition coefficient (Wildman–Crippen LogP) is 2.92. The average Bonchev–Trinajstić information content (AvgIpc) is 2.24. The average molecular weight is 204 g/mol. The van der Waals surface area contributed by atoms with Crippen LogP contribution >= 0.6 is 0 Å². The highest BCUT2D eigenvalue weighted by Gasteiger charge is 2.33. The van der Waals surface area contributed by atoms with Gasteiger partial charge in [-0.2, -0.15) is 0 Å². The van der Waals surface area contributed by atoms with Gasteiger partial charge in [0.2, 0.25) is 0 Å². The minimum Gasteiger partial charge on any atom is -0.501 e. The molecular weight excluding hydrogens is 188 g/mol. The standard InChI is InChI=1S/C13H16O2/c1-2-8-14-9-12-10-15-13(12)11-6-4-3-5-7-11/h2-8,12-13H,9-10H2,1H3. The molecule has 1 aliphatic rings. The summed E-state index contributed by atoms with van der Waals surface area (Å²) in [5, 5.41) is 0. The lowest BCUT2D eigenvalue weighted by Crippen LogP contribution is -2.35. The maximum atomic E-state index is 5.56. The minimum atomic E-state index is 0.219. The van der Waals surface area contributed by atoms with E-state index in [1.54, 1.807) is 6.26 Å². The zero-order chi connectivity index (χ0) is 10.5. The molecule has 0 N–H and O–H groups in total. The van der Waals surface area contributed by atoms with Gasteiger partial charge in [-0.05, 0) is 12.5 Å². The summed E-state index contributed by atoms with van der Waals surface area (Å²) in [6.45, 7) is 3.49. The predicted molar refractivity (Wildman–Crippen MR) is 59.4 cm³/mol. The Kier molecular flexibility index (Phi) is 3.41. The first-order valence-electron chi connectivity index (χ1n) is 5.31. The lowest BCUT2D eigenvalue weighted by atomic mass is 9.92. The molecule has 2 nitrogen and oxygen atoms in total. The van der Waals surface area contributed by atoms with E-state index in [1.165, 1.54) is 5.56 Å². The summed E-state index contributed by atoms with van der Waals surface area (Å²) >= 11 is 0. The largest absolute Gasteiger partial charge is 0.501 e. The third kappa shape index (κ3) is 2.39. The third-order valence-corrected chi connectivity index (χ3v) is 2.59. The number of benzene rings is 1. The van der Waals surface area contributed by atoms with Gasteiger partial charge in [0, 0.05) is 5.92 Å². The second-order valence-corrected chi connectivity index (χ2v) is 3.73. The Bertz CT molecular complexity index is 319. The van der Waals surface area contributed by atoms with Crippen LogP contribution in [0.4, 0.5) is 0 Å². The molecule has 1 aromatic carbocycles. The van der Waals surface area contributed by atoms with Crippen molar-refractivity contribution in [1.82, 2.24) is 0 Å². The zero-order valence-electron chi connectivity index (χ0n) is 8.93. The monoisotopic (exact) mass is 204 g/mol. The highest BCUT2D eigenvalue weighted by atomic mass is 16.5. The fourth-order valence-electron chi connectivity index (χ4n) is 1.75. The van der Waals surface area contributed by atoms with Crippen LogP contribution in [0, 0.1) is 5.92 Å². The summed E-state index contributed by atoms with van der Waals surface area (Å²) in [4.78, 5) is 0. The van der Waals surface area contributed by atoms with Gasteiger partial charge in [0.05, 0.1) is 25.6 Å². The zero-order valence-corrected chi connectivity index (χ0v) is 8.93. The van der Waals surface area contributed by atoms with Gasteiger partial charge in [0.25, 0.3) is 0 Å². The van der Waals surface area contributed by atoms with Crippen molar-refractivity contribution in [3.63, 3.8) is 0 Å². The van der Waals surface area contributed by atoms with Crippen LogP contribution < -0.4 is 0 Å². The lowest BCUT2D eigenvalue weighted by molar-refractivity contribution is -0.135. The second-order valence-electron chi connectivity index (χ2n) is 3.73. The fourth-order valence-corrected chi connectivity index (χ4v) is 1.75. The lowest BCUT2D eigenvalue weighted by Gasteiger charge is -2.36. The Labute approximate surface area is 90.5 Å². The number of ether oxygens (including phenoxy) is 2. The summed E-state index contributed by atoms with van der Waals surface area (Å²) in [5.74, 6) is 0.489. The van der Waals surface area contributed by atoms with E-state index in [-0.39, 0.29) is 6.10 Å². The third-order valence-electron chi connectivity index (χ3n) is 2.59. The van der Waals surface area contributed by atoms with Crippen molar-refractivity contribution in [2.45, 2.75) is 13.0 Å². The molecule has 0 spiro atoms. The van der Waals surface area contributed by atoms with Crippen LogP contribution in [-0.4, -0.2) is 13.2 Å². The van der Waals surface area contributed by atoms with E-state index in [1.807, 2.05) is 31.2 Å². The molecule has 15 heavy (non-hydrogen) atoms. The normalized spacial score (nSPS) is 25.1. The van der Waals surface area contributed by atoms with Gasteiger partial charge in [0.15, 0.2) is 0 Å². The molecule has 2 atom stereocenters. The quantitative estimate of drug-likeness (QED) is 0.702. The van der Waals surface area contributed by atoms with E-state index in [2.05, 4.69) is 12.1 Å². The van der Waals surface area contributed by atoms with Crippen molar-refractivity contribution in [2.75, 3.05) is 13.2 Å². The molecule has 1 saturated heterocycles. The molecule has 0 aromatic heterocycles. The highest BCUT2D eigenvalue weighted by molar-refractivity contribution is 5.19. The molecule has 0 bridgehead atoms. The summed E-state index contributed by atoms with van der Waals surface area (Å²) in [6, 6.07) is 10.3. The Hall–Kier alpha value is -1.28. The Morgan fingerprint density at radius 1 is 1.40 bits per heavy atom. The molecule has 1 fully saturated rings. The summed E-state index contributed by atoms with van der Waals surface area (Å²) in [7, 11) is 0. The van der Waals surface area contributed by atoms with E-state index in [0.29, 0.717) is 5.92 Å².